The lowest BCUT2D eigenvalue weighted by atomic mass is 10.1. The minimum atomic E-state index is -0.398. The molecule has 2 heterocycles. The molecule has 4 nitrogen and oxygen atoms in total. The second-order valence-electron chi connectivity index (χ2n) is 8.36. The van der Waals surface area contributed by atoms with Crippen molar-refractivity contribution in [3.05, 3.63) is 84.4 Å². The van der Waals surface area contributed by atoms with Crippen LogP contribution in [0.3, 0.4) is 0 Å². The van der Waals surface area contributed by atoms with Crippen molar-refractivity contribution < 1.29 is 5.11 Å². The van der Waals surface area contributed by atoms with E-state index in [4.69, 9.17) is 0 Å². The highest BCUT2D eigenvalue weighted by atomic mass is 35.5. The van der Waals surface area contributed by atoms with Crippen LogP contribution in [0.15, 0.2) is 88.7 Å². The van der Waals surface area contributed by atoms with Gasteiger partial charge in [-0.25, -0.2) is 0 Å². The highest BCUT2D eigenvalue weighted by Gasteiger charge is 2.26. The molecule has 5 rings (SSSR count). The van der Waals surface area contributed by atoms with Crippen LogP contribution in [0.4, 0.5) is 11.4 Å². The molecule has 1 N–H and O–H groups in total. The minimum absolute atomic E-state index is 0. The first-order valence-electron chi connectivity index (χ1n) is 11.1. The van der Waals surface area contributed by atoms with Gasteiger partial charge < -0.3 is 10.0 Å². The van der Waals surface area contributed by atoms with Gasteiger partial charge in [-0.15, -0.1) is 12.4 Å². The Balaban J connectivity index is 0.00000245. The zero-order valence-electron chi connectivity index (χ0n) is 18.1. The van der Waals surface area contributed by atoms with Crippen molar-refractivity contribution in [3.8, 4) is 0 Å². The molecule has 3 aromatic rings. The van der Waals surface area contributed by atoms with Crippen LogP contribution in [0.1, 0.15) is 5.56 Å². The number of para-hydroxylation sites is 2. The van der Waals surface area contributed by atoms with Crippen molar-refractivity contribution in [1.29, 1.82) is 0 Å². The van der Waals surface area contributed by atoms with Crippen LogP contribution in [0.2, 0.25) is 0 Å². The lowest BCUT2D eigenvalue weighted by Gasteiger charge is -2.38. The standard InChI is InChI=1S/C26H29N3OS.ClH/c30-22(19-28-16-14-27(15-17-28)18-21-8-2-1-3-9-21)20-29-23-10-4-6-12-25(23)31-26-13-7-5-11-24(26)29;/h1-13,22,30H,14-20H2;1H. The van der Waals surface area contributed by atoms with Gasteiger partial charge in [-0.1, -0.05) is 66.4 Å². The van der Waals surface area contributed by atoms with Crippen LogP contribution >= 0.6 is 24.2 Å². The largest absolute Gasteiger partial charge is 0.390 e. The van der Waals surface area contributed by atoms with Crippen molar-refractivity contribution in [2.75, 3.05) is 44.2 Å². The molecule has 168 valence electrons. The Morgan fingerprint density at radius 2 is 1.22 bits per heavy atom. The van der Waals surface area contributed by atoms with E-state index in [0.717, 1.165) is 32.7 Å². The predicted molar refractivity (Wildman–Crippen MR) is 135 cm³/mol. The molecule has 32 heavy (non-hydrogen) atoms. The van der Waals surface area contributed by atoms with E-state index in [1.54, 1.807) is 0 Å². The summed E-state index contributed by atoms with van der Waals surface area (Å²) in [7, 11) is 0. The highest BCUT2D eigenvalue weighted by Crippen LogP contribution is 2.47. The van der Waals surface area contributed by atoms with Crippen LogP contribution < -0.4 is 4.90 Å². The Morgan fingerprint density at radius 3 is 1.84 bits per heavy atom. The number of anilines is 2. The number of aliphatic hydroxyl groups excluding tert-OH is 1. The average molecular weight is 468 g/mol. The molecule has 0 bridgehead atoms. The molecule has 0 amide bonds. The summed E-state index contributed by atoms with van der Waals surface area (Å²) in [4.78, 5) is 9.71. The van der Waals surface area contributed by atoms with E-state index in [-0.39, 0.29) is 12.4 Å². The molecular formula is C26H30ClN3OS. The Hall–Kier alpha value is -2.02. The van der Waals surface area contributed by atoms with E-state index in [9.17, 15) is 5.11 Å². The number of β-amino-alcohol motifs (C(OH)–C–C–N with tert-alkyl or cyclic N) is 1. The molecule has 1 saturated heterocycles. The molecule has 1 atom stereocenters. The quantitative estimate of drug-likeness (QED) is 0.557. The molecule has 0 saturated carbocycles. The number of benzene rings is 3. The fourth-order valence-electron chi connectivity index (χ4n) is 4.52. The first kappa shape index (κ1) is 23.1. The molecule has 0 aliphatic carbocycles. The summed E-state index contributed by atoms with van der Waals surface area (Å²) >= 11 is 1.81. The van der Waals surface area contributed by atoms with Crippen molar-refractivity contribution in [2.24, 2.45) is 0 Å². The Kier molecular flexibility index (Phi) is 7.76. The first-order valence-corrected chi connectivity index (χ1v) is 11.9. The van der Waals surface area contributed by atoms with Crippen molar-refractivity contribution >= 4 is 35.5 Å². The predicted octanol–water partition coefficient (Wildman–Crippen LogP) is 4.89. The van der Waals surface area contributed by atoms with Crippen molar-refractivity contribution in [2.45, 2.75) is 22.4 Å². The summed E-state index contributed by atoms with van der Waals surface area (Å²) in [5.74, 6) is 0. The number of rotatable bonds is 6. The molecule has 0 aromatic heterocycles. The molecule has 1 unspecified atom stereocenters. The maximum atomic E-state index is 11.0. The maximum absolute atomic E-state index is 11.0. The van der Waals surface area contributed by atoms with Crippen molar-refractivity contribution in [3.63, 3.8) is 0 Å². The zero-order chi connectivity index (χ0) is 21.0. The van der Waals surface area contributed by atoms with E-state index in [2.05, 4.69) is 93.6 Å². The number of nitrogens with zero attached hydrogens (tertiary/aromatic N) is 3. The highest BCUT2D eigenvalue weighted by molar-refractivity contribution is 7.99. The first-order chi connectivity index (χ1) is 15.3. The fraction of sp³-hybridized carbons (Fsp3) is 0.308. The van der Waals surface area contributed by atoms with Gasteiger partial charge in [0, 0.05) is 49.1 Å². The molecule has 1 fully saturated rings. The van der Waals surface area contributed by atoms with Crippen LogP contribution in [-0.2, 0) is 6.54 Å². The van der Waals surface area contributed by atoms with E-state index < -0.39 is 6.10 Å². The topological polar surface area (TPSA) is 30.0 Å². The summed E-state index contributed by atoms with van der Waals surface area (Å²) in [5, 5.41) is 11.0. The van der Waals surface area contributed by atoms with Gasteiger partial charge in [-0.3, -0.25) is 9.80 Å². The third-order valence-corrected chi connectivity index (χ3v) is 7.24. The molecular weight excluding hydrogens is 438 g/mol. The zero-order valence-corrected chi connectivity index (χ0v) is 19.8. The summed E-state index contributed by atoms with van der Waals surface area (Å²) in [6.45, 7) is 6.45. The average Bonchev–Trinajstić information content (AvgIpc) is 2.81. The van der Waals surface area contributed by atoms with Gasteiger partial charge in [0.05, 0.1) is 24.0 Å². The smallest absolute Gasteiger partial charge is 0.0845 e. The molecule has 3 aromatic carbocycles. The molecule has 6 heteroatoms. The Morgan fingerprint density at radius 1 is 0.688 bits per heavy atom. The molecule has 2 aliphatic rings. The van der Waals surface area contributed by atoms with Crippen LogP contribution in [0.25, 0.3) is 0 Å². The summed E-state index contributed by atoms with van der Waals surface area (Å²) in [6.07, 6.45) is -0.398. The Labute approximate surface area is 201 Å². The molecule has 0 spiro atoms. The molecule has 0 radical (unpaired) electrons. The number of piperazine rings is 1. The van der Waals surface area contributed by atoms with Gasteiger partial charge >= 0.3 is 0 Å². The lowest BCUT2D eigenvalue weighted by molar-refractivity contribution is 0.0738. The van der Waals surface area contributed by atoms with Gasteiger partial charge in [0.25, 0.3) is 0 Å². The van der Waals surface area contributed by atoms with Gasteiger partial charge in [-0.2, -0.15) is 0 Å². The van der Waals surface area contributed by atoms with E-state index in [1.807, 2.05) is 11.8 Å². The SMILES string of the molecule is Cl.OC(CN1CCN(Cc2ccccc2)CC1)CN1c2ccccc2Sc2ccccc21. The number of aliphatic hydroxyl groups is 1. The number of hydrogen-bond donors (Lipinski definition) is 1. The van der Waals surface area contributed by atoms with Crippen LogP contribution in [0.5, 0.6) is 0 Å². The van der Waals surface area contributed by atoms with Gasteiger partial charge in [0.15, 0.2) is 0 Å². The van der Waals surface area contributed by atoms with Gasteiger partial charge in [0.1, 0.15) is 0 Å². The third kappa shape index (κ3) is 5.30. The minimum Gasteiger partial charge on any atom is -0.390 e. The van der Waals surface area contributed by atoms with Crippen molar-refractivity contribution in [1.82, 2.24) is 9.80 Å². The fourth-order valence-corrected chi connectivity index (χ4v) is 5.61. The van der Waals surface area contributed by atoms with E-state index >= 15 is 0 Å². The maximum Gasteiger partial charge on any atom is 0.0845 e. The third-order valence-electron chi connectivity index (χ3n) is 6.11. The van der Waals surface area contributed by atoms with E-state index in [1.165, 1.54) is 26.7 Å². The number of fused-ring (bicyclic) bond motifs is 2. The summed E-state index contributed by atoms with van der Waals surface area (Å²) in [6, 6.07) is 27.7. The van der Waals surface area contributed by atoms with E-state index in [0.29, 0.717) is 13.1 Å². The summed E-state index contributed by atoms with van der Waals surface area (Å²) < 4.78 is 0. The number of halogens is 1. The van der Waals surface area contributed by atoms with Crippen LogP contribution in [-0.4, -0.2) is 60.3 Å². The lowest BCUT2D eigenvalue weighted by Crippen LogP contribution is -2.49. The number of hydrogen-bond acceptors (Lipinski definition) is 5. The monoisotopic (exact) mass is 467 g/mol. The Bertz CT molecular complexity index is 965. The van der Waals surface area contributed by atoms with Crippen LogP contribution in [0, 0.1) is 0 Å². The summed E-state index contributed by atoms with van der Waals surface area (Å²) in [5.41, 5.74) is 3.76. The second kappa shape index (κ2) is 10.7. The van der Waals surface area contributed by atoms with Gasteiger partial charge in [-0.05, 0) is 29.8 Å². The normalized spacial score (nSPS) is 17.2. The second-order valence-corrected chi connectivity index (χ2v) is 9.45. The molecule has 2 aliphatic heterocycles. The van der Waals surface area contributed by atoms with Gasteiger partial charge in [0.2, 0.25) is 0 Å².